The first-order valence-electron chi connectivity index (χ1n) is 11.7. The van der Waals surface area contributed by atoms with Gasteiger partial charge in [0.15, 0.2) is 0 Å². The molecule has 186 valence electrons. The molecule has 2 amide bonds. The lowest BCUT2D eigenvalue weighted by Gasteiger charge is -2.08. The minimum atomic E-state index is -0.209. The summed E-state index contributed by atoms with van der Waals surface area (Å²) in [5.41, 5.74) is 6.00. The smallest absolute Gasteiger partial charge is 0.250 e. The second-order valence-corrected chi connectivity index (χ2v) is 8.06. The first kappa shape index (κ1) is 26.5. The number of carbonyl (C=O) groups is 2. The van der Waals surface area contributed by atoms with Crippen molar-refractivity contribution >= 4 is 45.9 Å². The van der Waals surface area contributed by atoms with Gasteiger partial charge in [-0.3, -0.25) is 9.59 Å². The fourth-order valence-electron chi connectivity index (χ4n) is 3.08. The van der Waals surface area contributed by atoms with Gasteiger partial charge in [-0.15, -0.1) is 0 Å². The van der Waals surface area contributed by atoms with Crippen LogP contribution in [0, 0.1) is 0 Å². The number of rotatable bonds is 8. The zero-order valence-electron chi connectivity index (χ0n) is 20.7. The van der Waals surface area contributed by atoms with Crippen LogP contribution in [-0.2, 0) is 9.59 Å². The molecule has 0 saturated carbocycles. The Labute approximate surface area is 217 Å². The Balaban J connectivity index is 0.000000206. The molecule has 0 aliphatic heterocycles. The second kappa shape index (κ2) is 13.7. The van der Waals surface area contributed by atoms with Crippen LogP contribution in [0.15, 0.2) is 134 Å². The summed E-state index contributed by atoms with van der Waals surface area (Å²) in [6.45, 7) is 8.69. The Morgan fingerprint density at radius 2 is 0.919 bits per heavy atom. The van der Waals surface area contributed by atoms with Gasteiger partial charge in [0.2, 0.25) is 5.91 Å². The highest BCUT2D eigenvalue weighted by Crippen LogP contribution is 2.20. The van der Waals surface area contributed by atoms with Crippen molar-refractivity contribution in [2.45, 2.75) is 6.92 Å². The Morgan fingerprint density at radius 1 is 0.568 bits per heavy atom. The van der Waals surface area contributed by atoms with Crippen LogP contribution in [0.25, 0.3) is 0 Å². The first-order chi connectivity index (χ1) is 17.9. The van der Waals surface area contributed by atoms with Crippen LogP contribution in [0.2, 0.25) is 0 Å². The maximum Gasteiger partial charge on any atom is 0.250 e. The van der Waals surface area contributed by atoms with Crippen LogP contribution in [0.3, 0.4) is 0 Å². The van der Waals surface area contributed by atoms with E-state index >= 15 is 0 Å². The van der Waals surface area contributed by atoms with E-state index in [1.165, 1.54) is 6.08 Å². The third kappa shape index (κ3) is 9.22. The number of para-hydroxylation sites is 2. The highest BCUT2D eigenvalue weighted by atomic mass is 16.2. The van der Waals surface area contributed by atoms with E-state index in [-0.39, 0.29) is 11.8 Å². The molecule has 0 saturated heterocycles. The van der Waals surface area contributed by atoms with Gasteiger partial charge in [0.25, 0.3) is 5.91 Å². The molecular formula is C31H30N4O2. The van der Waals surface area contributed by atoms with Gasteiger partial charge < -0.3 is 21.3 Å². The van der Waals surface area contributed by atoms with Crippen molar-refractivity contribution in [3.63, 3.8) is 0 Å². The monoisotopic (exact) mass is 490 g/mol. The molecule has 4 aromatic carbocycles. The van der Waals surface area contributed by atoms with Gasteiger partial charge in [-0.05, 0) is 85.8 Å². The van der Waals surface area contributed by atoms with Crippen LogP contribution < -0.4 is 21.3 Å². The van der Waals surface area contributed by atoms with E-state index < -0.39 is 0 Å². The number of nitrogens with one attached hydrogen (secondary N) is 4. The molecule has 4 aromatic rings. The van der Waals surface area contributed by atoms with Crippen molar-refractivity contribution < 1.29 is 9.59 Å². The van der Waals surface area contributed by atoms with E-state index in [1.54, 1.807) is 6.92 Å². The summed E-state index contributed by atoms with van der Waals surface area (Å²) < 4.78 is 0. The maximum atomic E-state index is 11.5. The predicted octanol–water partition coefficient (Wildman–Crippen LogP) is 7.50. The Kier molecular flexibility index (Phi) is 9.82. The fraction of sp³-hybridized carbons (Fsp3) is 0.0323. The van der Waals surface area contributed by atoms with Crippen molar-refractivity contribution in [2.24, 2.45) is 0 Å². The highest BCUT2D eigenvalue weighted by Gasteiger charge is 2.02. The summed E-state index contributed by atoms with van der Waals surface area (Å²) in [5, 5.41) is 12.0. The van der Waals surface area contributed by atoms with Gasteiger partial charge in [0.05, 0.1) is 0 Å². The summed E-state index contributed by atoms with van der Waals surface area (Å²) in [5.74, 6) is -0.373. The number of anilines is 6. The average molecular weight is 491 g/mol. The maximum absolute atomic E-state index is 11.5. The van der Waals surface area contributed by atoms with Crippen LogP contribution in [0.5, 0.6) is 0 Å². The quantitative estimate of drug-likeness (QED) is 0.193. The third-order valence-corrected chi connectivity index (χ3v) is 4.99. The standard InChI is InChI=1S/C16H16N2O.C15H14N2O/c1-12(2)16(19)18-15-10-8-14(9-11-15)17-13-6-4-3-5-7-13;1-2-15(18)17-14-10-8-13(9-11-14)16-12-6-4-3-5-7-12/h3-11,17H,1H2,2H3,(H,18,19);2-11,16H,1H2,(H,17,18). The van der Waals surface area contributed by atoms with Crippen molar-refractivity contribution in [2.75, 3.05) is 21.3 Å². The zero-order chi connectivity index (χ0) is 26.5. The number of hydrogen-bond acceptors (Lipinski definition) is 4. The van der Waals surface area contributed by atoms with E-state index in [0.29, 0.717) is 5.57 Å². The summed E-state index contributed by atoms with van der Waals surface area (Å²) in [6, 6.07) is 34.9. The molecule has 0 spiro atoms. The van der Waals surface area contributed by atoms with E-state index in [0.717, 1.165) is 34.1 Å². The molecule has 6 nitrogen and oxygen atoms in total. The average Bonchev–Trinajstić information content (AvgIpc) is 2.92. The molecule has 0 bridgehead atoms. The minimum absolute atomic E-state index is 0.163. The van der Waals surface area contributed by atoms with Crippen LogP contribution in [0.4, 0.5) is 34.1 Å². The van der Waals surface area contributed by atoms with Gasteiger partial charge in [-0.25, -0.2) is 0 Å². The van der Waals surface area contributed by atoms with E-state index in [9.17, 15) is 9.59 Å². The summed E-state index contributed by atoms with van der Waals surface area (Å²) in [6.07, 6.45) is 1.25. The Morgan fingerprint density at radius 3 is 1.30 bits per heavy atom. The van der Waals surface area contributed by atoms with Gasteiger partial charge in [0, 0.05) is 39.7 Å². The molecule has 0 heterocycles. The summed E-state index contributed by atoms with van der Waals surface area (Å²) >= 11 is 0. The molecule has 4 rings (SSSR count). The normalized spacial score (nSPS) is 9.65. The Hall–Kier alpha value is -5.10. The lowest BCUT2D eigenvalue weighted by molar-refractivity contribution is -0.113. The largest absolute Gasteiger partial charge is 0.356 e. The molecule has 0 atom stereocenters. The molecule has 4 N–H and O–H groups in total. The predicted molar refractivity (Wildman–Crippen MR) is 155 cm³/mol. The molecule has 0 aliphatic rings. The van der Waals surface area contributed by atoms with Crippen LogP contribution in [-0.4, -0.2) is 11.8 Å². The van der Waals surface area contributed by atoms with Gasteiger partial charge in [0.1, 0.15) is 0 Å². The Bertz CT molecular complexity index is 1320. The van der Waals surface area contributed by atoms with E-state index in [4.69, 9.17) is 0 Å². The lowest BCUT2D eigenvalue weighted by atomic mass is 10.2. The molecule has 0 radical (unpaired) electrons. The van der Waals surface area contributed by atoms with Crippen molar-refractivity contribution in [3.8, 4) is 0 Å². The number of carbonyl (C=O) groups excluding carboxylic acids is 2. The van der Waals surface area contributed by atoms with Crippen LogP contribution >= 0.6 is 0 Å². The molecule has 0 aromatic heterocycles. The molecule has 37 heavy (non-hydrogen) atoms. The molecule has 6 heteroatoms. The van der Waals surface area contributed by atoms with E-state index in [2.05, 4.69) is 34.4 Å². The molecule has 0 fully saturated rings. The topological polar surface area (TPSA) is 82.3 Å². The van der Waals surface area contributed by atoms with E-state index in [1.807, 2.05) is 109 Å². The SMILES string of the molecule is C=C(C)C(=O)Nc1ccc(Nc2ccccc2)cc1.C=CC(=O)Nc1ccc(Nc2ccccc2)cc1. The minimum Gasteiger partial charge on any atom is -0.356 e. The third-order valence-electron chi connectivity index (χ3n) is 4.99. The lowest BCUT2D eigenvalue weighted by Crippen LogP contribution is -2.11. The van der Waals surface area contributed by atoms with Crippen LogP contribution in [0.1, 0.15) is 6.92 Å². The van der Waals surface area contributed by atoms with Gasteiger partial charge in [-0.2, -0.15) is 0 Å². The summed E-state index contributed by atoms with van der Waals surface area (Å²) in [7, 11) is 0. The van der Waals surface area contributed by atoms with Crippen molar-refractivity contribution in [3.05, 3.63) is 134 Å². The zero-order valence-corrected chi connectivity index (χ0v) is 20.7. The molecule has 0 unspecified atom stereocenters. The summed E-state index contributed by atoms with van der Waals surface area (Å²) in [4.78, 5) is 22.6. The fourth-order valence-corrected chi connectivity index (χ4v) is 3.08. The van der Waals surface area contributed by atoms with Gasteiger partial charge in [-0.1, -0.05) is 49.6 Å². The van der Waals surface area contributed by atoms with Crippen molar-refractivity contribution in [1.29, 1.82) is 0 Å². The molecule has 0 aliphatic carbocycles. The number of benzene rings is 4. The highest BCUT2D eigenvalue weighted by molar-refractivity contribution is 6.02. The number of amides is 2. The second-order valence-electron chi connectivity index (χ2n) is 8.06. The van der Waals surface area contributed by atoms with Gasteiger partial charge >= 0.3 is 0 Å². The first-order valence-corrected chi connectivity index (χ1v) is 11.7. The van der Waals surface area contributed by atoms with Crippen molar-refractivity contribution in [1.82, 2.24) is 0 Å². The number of hydrogen-bond donors (Lipinski definition) is 4. The molecular weight excluding hydrogens is 460 g/mol.